The molecule has 0 spiro atoms. The number of aromatic nitrogens is 1. The lowest BCUT2D eigenvalue weighted by atomic mass is 9.95. The Bertz CT molecular complexity index is 609. The first-order valence-corrected chi connectivity index (χ1v) is 7.43. The number of rotatable bonds is 3. The number of anilines is 1. The van der Waals surface area contributed by atoms with Crippen LogP contribution in [0.4, 0.5) is 5.82 Å². The third-order valence-corrected chi connectivity index (χ3v) is 4.45. The molecule has 3 nitrogen and oxygen atoms in total. The maximum absolute atomic E-state index is 9.60. The quantitative estimate of drug-likeness (QED) is 0.930. The molecule has 3 heteroatoms. The molecule has 1 aromatic carbocycles. The normalized spacial score (nSPS) is 19.2. The number of fused-ring (bicyclic) bond motifs is 1. The molecule has 1 aliphatic rings. The van der Waals surface area contributed by atoms with Gasteiger partial charge in [-0.3, -0.25) is 0 Å². The van der Waals surface area contributed by atoms with Gasteiger partial charge in [-0.15, -0.1) is 0 Å². The summed E-state index contributed by atoms with van der Waals surface area (Å²) in [5.74, 6) is 2.48. The molecule has 0 saturated carbocycles. The maximum atomic E-state index is 9.60. The fourth-order valence-electron chi connectivity index (χ4n) is 3.06. The van der Waals surface area contributed by atoms with Gasteiger partial charge in [0.15, 0.2) is 0 Å². The highest BCUT2D eigenvalue weighted by Crippen LogP contribution is 2.29. The van der Waals surface area contributed by atoms with Crippen molar-refractivity contribution in [3.63, 3.8) is 0 Å². The highest BCUT2D eigenvalue weighted by Gasteiger charge is 2.26. The summed E-state index contributed by atoms with van der Waals surface area (Å²) in [5.41, 5.74) is 1.95. The zero-order chi connectivity index (χ0) is 14.1. The number of nitrogens with zero attached hydrogens (tertiary/aromatic N) is 2. The molecular weight excluding hydrogens is 248 g/mol. The third-order valence-electron chi connectivity index (χ3n) is 4.45. The number of para-hydroxylation sites is 1. The highest BCUT2D eigenvalue weighted by molar-refractivity contribution is 5.84. The van der Waals surface area contributed by atoms with Crippen molar-refractivity contribution in [3.05, 3.63) is 35.9 Å². The number of hydrogen-bond donors (Lipinski definition) is 1. The minimum Gasteiger partial charge on any atom is -0.392 e. The summed E-state index contributed by atoms with van der Waals surface area (Å²) in [6, 6.07) is 10.1. The molecule has 106 valence electrons. The molecule has 0 radical (unpaired) electrons. The summed E-state index contributed by atoms with van der Waals surface area (Å²) >= 11 is 0. The average molecular weight is 270 g/mol. The van der Waals surface area contributed by atoms with Crippen LogP contribution in [0.1, 0.15) is 25.8 Å². The van der Waals surface area contributed by atoms with Gasteiger partial charge in [0, 0.05) is 18.5 Å². The first kappa shape index (κ1) is 13.4. The van der Waals surface area contributed by atoms with Gasteiger partial charge in [-0.05, 0) is 36.0 Å². The molecule has 2 heterocycles. The fourth-order valence-corrected chi connectivity index (χ4v) is 3.06. The summed E-state index contributed by atoms with van der Waals surface area (Å²) in [6.45, 7) is 6.80. The maximum Gasteiger partial charge on any atom is 0.129 e. The van der Waals surface area contributed by atoms with E-state index in [9.17, 15) is 5.11 Å². The van der Waals surface area contributed by atoms with Crippen molar-refractivity contribution < 1.29 is 5.11 Å². The van der Waals surface area contributed by atoms with Gasteiger partial charge in [-0.2, -0.15) is 0 Å². The molecule has 1 saturated heterocycles. The van der Waals surface area contributed by atoms with E-state index in [4.69, 9.17) is 4.98 Å². The monoisotopic (exact) mass is 270 g/mol. The number of hydrogen-bond acceptors (Lipinski definition) is 3. The third kappa shape index (κ3) is 2.38. The molecule has 0 bridgehead atoms. The van der Waals surface area contributed by atoms with Crippen LogP contribution in [-0.2, 0) is 6.61 Å². The molecule has 1 aliphatic heterocycles. The van der Waals surface area contributed by atoms with E-state index in [2.05, 4.69) is 18.7 Å². The molecular formula is C17H22N2O. The standard InChI is InChI=1S/C17H22N2O/c1-12(2)13-7-8-19(10-13)17-9-14(11-20)15-5-3-4-6-16(15)18-17/h3-6,9,12-13,20H,7-8,10-11H2,1-2H3. The van der Waals surface area contributed by atoms with Crippen LogP contribution in [0.25, 0.3) is 10.9 Å². The van der Waals surface area contributed by atoms with E-state index in [1.54, 1.807) is 0 Å². The van der Waals surface area contributed by atoms with Crippen LogP contribution in [-0.4, -0.2) is 23.2 Å². The van der Waals surface area contributed by atoms with Crippen LogP contribution in [0, 0.1) is 11.8 Å². The Morgan fingerprint density at radius 1 is 1.35 bits per heavy atom. The van der Waals surface area contributed by atoms with Crippen molar-refractivity contribution in [2.75, 3.05) is 18.0 Å². The van der Waals surface area contributed by atoms with E-state index in [1.807, 2.05) is 30.3 Å². The second kappa shape index (κ2) is 5.41. The number of benzene rings is 1. The van der Waals surface area contributed by atoms with Crippen molar-refractivity contribution in [2.45, 2.75) is 26.9 Å². The number of aliphatic hydroxyl groups is 1. The van der Waals surface area contributed by atoms with Crippen molar-refractivity contribution >= 4 is 16.7 Å². The molecule has 20 heavy (non-hydrogen) atoms. The van der Waals surface area contributed by atoms with Gasteiger partial charge in [0.1, 0.15) is 5.82 Å². The van der Waals surface area contributed by atoms with Gasteiger partial charge in [-0.1, -0.05) is 32.0 Å². The summed E-state index contributed by atoms with van der Waals surface area (Å²) in [5, 5.41) is 10.7. The van der Waals surface area contributed by atoms with Crippen LogP contribution in [0.2, 0.25) is 0 Å². The minimum absolute atomic E-state index is 0.0669. The van der Waals surface area contributed by atoms with Gasteiger partial charge in [0.25, 0.3) is 0 Å². The van der Waals surface area contributed by atoms with E-state index in [1.165, 1.54) is 6.42 Å². The number of aliphatic hydroxyl groups excluding tert-OH is 1. The SMILES string of the molecule is CC(C)C1CCN(c2cc(CO)c3ccccc3n2)C1. The van der Waals surface area contributed by atoms with Crippen LogP contribution < -0.4 is 4.90 Å². The zero-order valence-electron chi connectivity index (χ0n) is 12.2. The van der Waals surface area contributed by atoms with Crippen molar-refractivity contribution in [1.29, 1.82) is 0 Å². The van der Waals surface area contributed by atoms with Crippen LogP contribution in [0.5, 0.6) is 0 Å². The summed E-state index contributed by atoms with van der Waals surface area (Å²) < 4.78 is 0. The molecule has 3 rings (SSSR count). The van der Waals surface area contributed by atoms with Crippen molar-refractivity contribution in [2.24, 2.45) is 11.8 Å². The average Bonchev–Trinajstić information content (AvgIpc) is 2.96. The lowest BCUT2D eigenvalue weighted by molar-refractivity contribution is 0.283. The molecule has 1 atom stereocenters. The minimum atomic E-state index is 0.0669. The number of pyridine rings is 1. The first-order chi connectivity index (χ1) is 9.69. The van der Waals surface area contributed by atoms with Crippen molar-refractivity contribution in [3.8, 4) is 0 Å². The Kier molecular flexibility index (Phi) is 3.62. The predicted molar refractivity (Wildman–Crippen MR) is 82.8 cm³/mol. The lowest BCUT2D eigenvalue weighted by Gasteiger charge is -2.20. The molecule has 1 aromatic heterocycles. The Morgan fingerprint density at radius 2 is 2.15 bits per heavy atom. The largest absolute Gasteiger partial charge is 0.392 e. The second-order valence-electron chi connectivity index (χ2n) is 6.05. The Hall–Kier alpha value is -1.61. The van der Waals surface area contributed by atoms with Gasteiger partial charge in [-0.25, -0.2) is 4.98 Å². The van der Waals surface area contributed by atoms with E-state index in [0.717, 1.165) is 47.2 Å². The molecule has 1 unspecified atom stereocenters. The van der Waals surface area contributed by atoms with Gasteiger partial charge >= 0.3 is 0 Å². The van der Waals surface area contributed by atoms with E-state index >= 15 is 0 Å². The van der Waals surface area contributed by atoms with Crippen molar-refractivity contribution in [1.82, 2.24) is 4.98 Å². The highest BCUT2D eigenvalue weighted by atomic mass is 16.3. The Labute approximate surface area is 120 Å². The molecule has 2 aromatic rings. The molecule has 0 aliphatic carbocycles. The predicted octanol–water partition coefficient (Wildman–Crippen LogP) is 3.21. The first-order valence-electron chi connectivity index (χ1n) is 7.43. The summed E-state index contributed by atoms with van der Waals surface area (Å²) in [7, 11) is 0. The summed E-state index contributed by atoms with van der Waals surface area (Å²) in [4.78, 5) is 7.13. The molecule has 1 fully saturated rings. The molecule has 0 amide bonds. The summed E-state index contributed by atoms with van der Waals surface area (Å²) in [6.07, 6.45) is 1.24. The van der Waals surface area contributed by atoms with E-state index in [-0.39, 0.29) is 6.61 Å². The smallest absolute Gasteiger partial charge is 0.129 e. The van der Waals surface area contributed by atoms with Gasteiger partial charge in [0.2, 0.25) is 0 Å². The van der Waals surface area contributed by atoms with Crippen LogP contribution in [0.3, 0.4) is 0 Å². The second-order valence-corrected chi connectivity index (χ2v) is 6.05. The Balaban J connectivity index is 1.96. The lowest BCUT2D eigenvalue weighted by Crippen LogP contribution is -2.22. The van der Waals surface area contributed by atoms with Crippen LogP contribution in [0.15, 0.2) is 30.3 Å². The Morgan fingerprint density at radius 3 is 2.85 bits per heavy atom. The van der Waals surface area contributed by atoms with E-state index in [0.29, 0.717) is 0 Å². The topological polar surface area (TPSA) is 36.4 Å². The van der Waals surface area contributed by atoms with Gasteiger partial charge in [0.05, 0.1) is 12.1 Å². The van der Waals surface area contributed by atoms with Gasteiger partial charge < -0.3 is 10.0 Å². The zero-order valence-corrected chi connectivity index (χ0v) is 12.2. The van der Waals surface area contributed by atoms with Crippen LogP contribution >= 0.6 is 0 Å². The fraction of sp³-hybridized carbons (Fsp3) is 0.471. The molecule has 1 N–H and O–H groups in total. The van der Waals surface area contributed by atoms with E-state index < -0.39 is 0 Å².